The van der Waals surface area contributed by atoms with Crippen LogP contribution in [-0.2, 0) is 11.2 Å². The molecule has 0 atom stereocenters. The number of nitrogen functional groups attached to an aromatic ring is 1. The average molecular weight is 634 g/mol. The number of carbonyl (C=O) groups excluding carboxylic acids is 2. The number of nitrogens with one attached hydrogen (secondary N) is 1. The molecule has 1 aliphatic rings. The summed E-state index contributed by atoms with van der Waals surface area (Å²) in [5, 5.41) is 7.42. The summed E-state index contributed by atoms with van der Waals surface area (Å²) < 4.78 is 3.32. The van der Waals surface area contributed by atoms with E-state index < -0.39 is 11.5 Å². The Morgan fingerprint density at radius 2 is 1.79 bits per heavy atom. The molecule has 12 nitrogen and oxygen atoms in total. The van der Waals surface area contributed by atoms with E-state index in [-0.39, 0.29) is 23.3 Å². The number of piperidine rings is 1. The number of nitrogens with zero attached hydrogens (tertiary/aromatic N) is 6. The first-order valence-electron chi connectivity index (χ1n) is 15.9. The van der Waals surface area contributed by atoms with Gasteiger partial charge in [0, 0.05) is 53.8 Å². The van der Waals surface area contributed by atoms with Crippen molar-refractivity contribution in [1.29, 1.82) is 0 Å². The van der Waals surface area contributed by atoms with Crippen molar-refractivity contribution in [3.05, 3.63) is 100.0 Å². The van der Waals surface area contributed by atoms with Crippen LogP contribution in [0.5, 0.6) is 0 Å². The number of hydrogen-bond acceptors (Lipinski definition) is 8. The van der Waals surface area contributed by atoms with Gasteiger partial charge >= 0.3 is 0 Å². The summed E-state index contributed by atoms with van der Waals surface area (Å²) in [6.45, 7) is 7.44. The molecule has 0 spiro atoms. The molecule has 4 aromatic heterocycles. The molecule has 2 amide bonds. The van der Waals surface area contributed by atoms with Crippen LogP contribution < -0.4 is 22.3 Å². The Hall–Kier alpha value is -5.36. The molecule has 0 aliphatic carbocycles. The minimum Gasteiger partial charge on any atom is -0.382 e. The topological polar surface area (TPSA) is 167 Å². The number of carbonyl (C=O) groups is 2. The smallest absolute Gasteiger partial charge is 0.269 e. The van der Waals surface area contributed by atoms with E-state index in [0.717, 1.165) is 35.2 Å². The predicted octanol–water partition coefficient (Wildman–Crippen LogP) is 3.95. The molecule has 12 heteroatoms. The van der Waals surface area contributed by atoms with Gasteiger partial charge in [0.1, 0.15) is 23.2 Å². The van der Waals surface area contributed by atoms with E-state index in [0.29, 0.717) is 54.6 Å². The van der Waals surface area contributed by atoms with E-state index >= 15 is 0 Å². The Labute approximate surface area is 272 Å². The number of aromatic nitrogens is 5. The van der Waals surface area contributed by atoms with E-state index in [2.05, 4.69) is 26.4 Å². The molecule has 47 heavy (non-hydrogen) atoms. The van der Waals surface area contributed by atoms with Gasteiger partial charge in [-0.3, -0.25) is 19.0 Å². The van der Waals surface area contributed by atoms with Crippen LogP contribution in [0.25, 0.3) is 22.5 Å². The van der Waals surface area contributed by atoms with E-state index in [4.69, 9.17) is 11.5 Å². The second-order valence-electron chi connectivity index (χ2n) is 12.2. The molecule has 1 aromatic carbocycles. The van der Waals surface area contributed by atoms with Gasteiger partial charge in [0.25, 0.3) is 11.5 Å². The van der Waals surface area contributed by atoms with E-state index in [1.807, 2.05) is 42.3 Å². The molecule has 1 saturated heterocycles. The molecule has 5 heterocycles. The van der Waals surface area contributed by atoms with Crippen LogP contribution in [0.1, 0.15) is 59.9 Å². The highest BCUT2D eigenvalue weighted by Gasteiger charge is 2.28. The van der Waals surface area contributed by atoms with Gasteiger partial charge < -0.3 is 21.7 Å². The van der Waals surface area contributed by atoms with Gasteiger partial charge in [0.05, 0.1) is 0 Å². The lowest BCUT2D eigenvalue weighted by molar-refractivity contribution is -0.135. The van der Waals surface area contributed by atoms with E-state index in [1.165, 1.54) is 10.9 Å². The lowest BCUT2D eigenvalue weighted by atomic mass is 9.92. The Kier molecular flexibility index (Phi) is 8.86. The van der Waals surface area contributed by atoms with Gasteiger partial charge in [0.2, 0.25) is 5.91 Å². The molecule has 6 rings (SSSR count). The van der Waals surface area contributed by atoms with Gasteiger partial charge in [-0.1, -0.05) is 32.0 Å². The van der Waals surface area contributed by atoms with Crippen LogP contribution in [-0.4, -0.2) is 60.5 Å². The van der Waals surface area contributed by atoms with Crippen molar-refractivity contribution in [3.63, 3.8) is 0 Å². The summed E-state index contributed by atoms with van der Waals surface area (Å²) in [5.74, 6) is 0.632. The Balaban J connectivity index is 1.27. The maximum absolute atomic E-state index is 13.6. The van der Waals surface area contributed by atoms with E-state index in [9.17, 15) is 14.4 Å². The second kappa shape index (κ2) is 13.2. The third kappa shape index (κ3) is 6.11. The van der Waals surface area contributed by atoms with Crippen molar-refractivity contribution in [2.24, 2.45) is 11.7 Å². The van der Waals surface area contributed by atoms with Crippen LogP contribution in [0.4, 0.5) is 11.5 Å². The lowest BCUT2D eigenvalue weighted by Gasteiger charge is -2.33. The molecule has 0 unspecified atom stereocenters. The van der Waals surface area contributed by atoms with Crippen LogP contribution in [0.2, 0.25) is 0 Å². The number of hydrogen-bond donors (Lipinski definition) is 3. The molecular weight excluding hydrogens is 594 g/mol. The predicted molar refractivity (Wildman–Crippen MR) is 182 cm³/mol. The first kappa shape index (κ1) is 31.6. The van der Waals surface area contributed by atoms with Crippen molar-refractivity contribution in [2.75, 3.05) is 30.7 Å². The van der Waals surface area contributed by atoms with Crippen molar-refractivity contribution < 1.29 is 9.59 Å². The Morgan fingerprint density at radius 1 is 1.04 bits per heavy atom. The number of rotatable bonds is 8. The number of anilines is 2. The number of nitrogens with two attached hydrogens (primary N) is 2. The minimum absolute atomic E-state index is 0.00270. The summed E-state index contributed by atoms with van der Waals surface area (Å²) in [7, 11) is 0. The molecule has 5 aromatic rings. The fraction of sp³-hybridized carbons (Fsp3) is 0.314. The highest BCUT2D eigenvalue weighted by atomic mass is 16.2. The maximum Gasteiger partial charge on any atom is 0.269 e. The van der Waals surface area contributed by atoms with Crippen molar-refractivity contribution in [3.8, 4) is 16.9 Å². The Morgan fingerprint density at radius 3 is 2.45 bits per heavy atom. The number of amides is 2. The summed E-state index contributed by atoms with van der Waals surface area (Å²) in [4.78, 5) is 50.1. The molecule has 1 fully saturated rings. The quantitative estimate of drug-likeness (QED) is 0.231. The summed E-state index contributed by atoms with van der Waals surface area (Å²) in [5.41, 5.74) is 17.3. The fourth-order valence-corrected chi connectivity index (χ4v) is 6.39. The van der Waals surface area contributed by atoms with Crippen molar-refractivity contribution in [1.82, 2.24) is 29.0 Å². The Bertz CT molecular complexity index is 1990. The third-order valence-electron chi connectivity index (χ3n) is 8.87. The van der Waals surface area contributed by atoms with Crippen LogP contribution in [0.15, 0.2) is 71.9 Å². The van der Waals surface area contributed by atoms with Crippen LogP contribution >= 0.6 is 0 Å². The third-order valence-corrected chi connectivity index (χ3v) is 8.87. The van der Waals surface area contributed by atoms with Gasteiger partial charge in [-0.15, -0.1) is 0 Å². The fourth-order valence-electron chi connectivity index (χ4n) is 6.39. The molecule has 0 bridgehead atoms. The number of likely N-dealkylation sites (tertiary alicyclic amines) is 1. The molecule has 1 aliphatic heterocycles. The van der Waals surface area contributed by atoms with Gasteiger partial charge in [-0.05, 0) is 80.3 Å². The highest BCUT2D eigenvalue weighted by molar-refractivity contribution is 6.04. The van der Waals surface area contributed by atoms with Crippen molar-refractivity contribution in [2.45, 2.75) is 46.0 Å². The summed E-state index contributed by atoms with van der Waals surface area (Å²) in [6, 6.07) is 16.4. The molecule has 242 valence electrons. The van der Waals surface area contributed by atoms with Gasteiger partial charge in [0.15, 0.2) is 5.82 Å². The van der Waals surface area contributed by atoms with Gasteiger partial charge in [-0.2, -0.15) is 5.10 Å². The molecule has 0 radical (unpaired) electrons. The van der Waals surface area contributed by atoms with Crippen LogP contribution in [0.3, 0.4) is 0 Å². The standard InChI is InChI=1S/C35H39N9O3/c1-21(2)34(46)42-16-12-24(13-17-42)29-19-27(31-32(37)39-20-40-44(29)31)23-7-9-26(10-8-23)41-33(45)28-18-25(11-14-36)22(3)43(35(28)47)30-6-4-5-15-38-30/h4-10,15,18-21,24H,11-14,16-17,36H2,1-3H3,(H,41,45)(H2,37,39,40). The SMILES string of the molecule is Cc1c(CCN)cc(C(=O)Nc2ccc(-c3cc(C4CCN(C(=O)C(C)C)CC4)n4ncnc(N)c34)cc2)c(=O)n1-c1ccccn1. The average Bonchev–Trinajstić information content (AvgIpc) is 3.47. The first-order chi connectivity index (χ1) is 22.7. The minimum atomic E-state index is -0.526. The number of benzene rings is 1. The van der Waals surface area contributed by atoms with Crippen molar-refractivity contribution >= 4 is 28.8 Å². The molecular formula is C35H39N9O3. The monoisotopic (exact) mass is 633 g/mol. The van der Waals surface area contributed by atoms with E-state index in [1.54, 1.807) is 42.6 Å². The zero-order valence-electron chi connectivity index (χ0n) is 26.8. The largest absolute Gasteiger partial charge is 0.382 e. The molecule has 5 N–H and O–H groups in total. The maximum atomic E-state index is 13.6. The zero-order chi connectivity index (χ0) is 33.2. The highest BCUT2D eigenvalue weighted by Crippen LogP contribution is 2.37. The zero-order valence-corrected chi connectivity index (χ0v) is 26.8. The van der Waals surface area contributed by atoms with Crippen LogP contribution in [0, 0.1) is 12.8 Å². The first-order valence-corrected chi connectivity index (χ1v) is 15.9. The number of fused-ring (bicyclic) bond motifs is 1. The molecule has 0 saturated carbocycles. The second-order valence-corrected chi connectivity index (χ2v) is 12.2. The normalized spacial score (nSPS) is 13.8. The summed E-state index contributed by atoms with van der Waals surface area (Å²) in [6.07, 6.45) is 5.22. The summed E-state index contributed by atoms with van der Waals surface area (Å²) >= 11 is 0. The van der Waals surface area contributed by atoms with Gasteiger partial charge in [-0.25, -0.2) is 14.5 Å². The number of pyridine rings is 2. The lowest BCUT2D eigenvalue weighted by Crippen LogP contribution is -2.40.